The highest BCUT2D eigenvalue weighted by Crippen LogP contribution is 2.18. The average Bonchev–Trinajstić information content (AvgIpc) is 1.88. The summed E-state index contributed by atoms with van der Waals surface area (Å²) < 4.78 is 23.9. The number of aromatic nitrogens is 1. The number of hydrogen-bond donors (Lipinski definition) is 0. The Morgan fingerprint density at radius 1 is 1.50 bits per heavy atom. The number of halogens is 2. The van der Waals surface area contributed by atoms with E-state index in [4.69, 9.17) is 0 Å². The lowest BCUT2D eigenvalue weighted by Gasteiger charge is -2.00. The fraction of sp³-hybridized carbons (Fsp3) is 0.286. The molecule has 0 saturated carbocycles. The quantitative estimate of drug-likeness (QED) is 0.587. The van der Waals surface area contributed by atoms with Gasteiger partial charge >= 0.3 is 0 Å². The normalized spacial score (nSPS) is 10.4. The van der Waals surface area contributed by atoms with Gasteiger partial charge in [-0.3, -0.25) is 4.98 Å². The third kappa shape index (κ3) is 1.29. The van der Waals surface area contributed by atoms with Crippen molar-refractivity contribution in [2.24, 2.45) is 0 Å². The smallest absolute Gasteiger partial charge is 0.255 e. The Labute approximate surface area is 57.7 Å². The van der Waals surface area contributed by atoms with Crippen molar-refractivity contribution >= 4 is 0 Å². The van der Waals surface area contributed by atoms with E-state index in [0.717, 1.165) is 0 Å². The predicted octanol–water partition coefficient (Wildman–Crippen LogP) is 2.33. The molecular formula is C7H7F2N. The van der Waals surface area contributed by atoms with Crippen LogP contribution >= 0.6 is 0 Å². The Hall–Kier alpha value is -0.990. The van der Waals surface area contributed by atoms with Crippen LogP contribution in [0.3, 0.4) is 0 Å². The highest BCUT2D eigenvalue weighted by Gasteiger charge is 2.09. The lowest BCUT2D eigenvalue weighted by molar-refractivity contribution is 0.145. The molecule has 1 rings (SSSR count). The van der Waals surface area contributed by atoms with Gasteiger partial charge in [-0.15, -0.1) is 0 Å². The van der Waals surface area contributed by atoms with Gasteiger partial charge in [-0.05, 0) is 18.6 Å². The number of aryl methyl sites for hydroxylation is 1. The van der Waals surface area contributed by atoms with Crippen LogP contribution in [0.1, 0.15) is 17.7 Å². The zero-order valence-electron chi connectivity index (χ0n) is 5.51. The molecule has 0 aliphatic heterocycles. The average molecular weight is 143 g/mol. The Morgan fingerprint density at radius 3 is 2.60 bits per heavy atom. The monoisotopic (exact) mass is 143 g/mol. The topological polar surface area (TPSA) is 12.9 Å². The van der Waals surface area contributed by atoms with Crippen molar-refractivity contribution in [3.63, 3.8) is 0 Å². The van der Waals surface area contributed by atoms with Crippen molar-refractivity contribution in [3.05, 3.63) is 29.6 Å². The van der Waals surface area contributed by atoms with E-state index in [1.165, 1.54) is 6.20 Å². The fourth-order valence-electron chi connectivity index (χ4n) is 0.726. The van der Waals surface area contributed by atoms with Crippen molar-refractivity contribution in [1.82, 2.24) is 4.98 Å². The molecule has 0 aliphatic rings. The van der Waals surface area contributed by atoms with E-state index in [1.54, 1.807) is 19.1 Å². The summed E-state index contributed by atoms with van der Waals surface area (Å²) in [6.07, 6.45) is -1.09. The van der Waals surface area contributed by atoms with Crippen LogP contribution in [0.25, 0.3) is 0 Å². The minimum Gasteiger partial charge on any atom is -0.255 e. The van der Waals surface area contributed by atoms with E-state index < -0.39 is 6.43 Å². The van der Waals surface area contributed by atoms with E-state index >= 15 is 0 Å². The summed E-state index contributed by atoms with van der Waals surface area (Å²) in [7, 11) is 0. The first kappa shape index (κ1) is 7.12. The van der Waals surface area contributed by atoms with Gasteiger partial charge in [0.2, 0.25) is 0 Å². The molecule has 1 aromatic heterocycles. The van der Waals surface area contributed by atoms with E-state index in [9.17, 15) is 8.78 Å². The predicted molar refractivity (Wildman–Crippen MR) is 33.9 cm³/mol. The first-order chi connectivity index (χ1) is 4.72. The summed E-state index contributed by atoms with van der Waals surface area (Å²) >= 11 is 0. The van der Waals surface area contributed by atoms with Gasteiger partial charge in [-0.25, -0.2) is 8.78 Å². The maximum atomic E-state index is 12.0. The molecule has 0 bridgehead atoms. The summed E-state index contributed by atoms with van der Waals surface area (Å²) in [6, 6.07) is 3.26. The number of pyridine rings is 1. The second kappa shape index (κ2) is 2.73. The SMILES string of the molecule is Cc1cccnc1C(F)F. The van der Waals surface area contributed by atoms with Gasteiger partial charge in [0.15, 0.2) is 0 Å². The minimum atomic E-state index is -2.46. The Bertz CT molecular complexity index is 223. The van der Waals surface area contributed by atoms with Gasteiger partial charge in [0.25, 0.3) is 6.43 Å². The van der Waals surface area contributed by atoms with Crippen molar-refractivity contribution in [1.29, 1.82) is 0 Å². The van der Waals surface area contributed by atoms with Gasteiger partial charge < -0.3 is 0 Å². The van der Waals surface area contributed by atoms with E-state index in [-0.39, 0.29) is 5.69 Å². The molecule has 0 N–H and O–H groups in total. The first-order valence-electron chi connectivity index (χ1n) is 2.91. The molecule has 0 atom stereocenters. The molecular weight excluding hydrogens is 136 g/mol. The lowest BCUT2D eigenvalue weighted by atomic mass is 10.2. The van der Waals surface area contributed by atoms with Gasteiger partial charge in [0, 0.05) is 6.20 Å². The van der Waals surface area contributed by atoms with Gasteiger partial charge in [0.05, 0.1) is 0 Å². The standard InChI is InChI=1S/C7H7F2N/c1-5-3-2-4-10-6(5)7(8)9/h2-4,7H,1H3. The van der Waals surface area contributed by atoms with Crippen molar-refractivity contribution in [2.75, 3.05) is 0 Å². The molecule has 54 valence electrons. The second-order valence-corrected chi connectivity index (χ2v) is 2.01. The molecule has 0 radical (unpaired) electrons. The summed E-state index contributed by atoms with van der Waals surface area (Å²) in [6.45, 7) is 1.62. The largest absolute Gasteiger partial charge is 0.280 e. The van der Waals surface area contributed by atoms with Crippen LogP contribution in [0.4, 0.5) is 8.78 Å². The van der Waals surface area contributed by atoms with Crippen molar-refractivity contribution in [3.8, 4) is 0 Å². The molecule has 0 saturated heterocycles. The van der Waals surface area contributed by atoms with Crippen LogP contribution in [-0.4, -0.2) is 4.98 Å². The van der Waals surface area contributed by atoms with Crippen LogP contribution < -0.4 is 0 Å². The van der Waals surface area contributed by atoms with Gasteiger partial charge in [0.1, 0.15) is 5.69 Å². The summed E-state index contributed by atoms with van der Waals surface area (Å²) in [5.41, 5.74) is 0.417. The molecule has 10 heavy (non-hydrogen) atoms. The molecule has 0 aliphatic carbocycles. The Balaban J connectivity index is 3.03. The molecule has 0 amide bonds. The molecule has 1 aromatic rings. The van der Waals surface area contributed by atoms with E-state index in [2.05, 4.69) is 4.98 Å². The molecule has 0 fully saturated rings. The van der Waals surface area contributed by atoms with Crippen LogP contribution in [0.5, 0.6) is 0 Å². The first-order valence-corrected chi connectivity index (χ1v) is 2.91. The highest BCUT2D eigenvalue weighted by molar-refractivity contribution is 5.18. The third-order valence-electron chi connectivity index (χ3n) is 1.26. The summed E-state index contributed by atoms with van der Waals surface area (Å²) in [4.78, 5) is 3.53. The second-order valence-electron chi connectivity index (χ2n) is 2.01. The summed E-state index contributed by atoms with van der Waals surface area (Å²) in [5, 5.41) is 0. The molecule has 1 nitrogen and oxygen atoms in total. The zero-order valence-corrected chi connectivity index (χ0v) is 5.51. The van der Waals surface area contributed by atoms with E-state index in [1.807, 2.05) is 0 Å². The number of hydrogen-bond acceptors (Lipinski definition) is 1. The van der Waals surface area contributed by atoms with Crippen LogP contribution in [0.2, 0.25) is 0 Å². The lowest BCUT2D eigenvalue weighted by Crippen LogP contribution is -1.92. The van der Waals surface area contributed by atoms with E-state index in [0.29, 0.717) is 5.56 Å². The number of nitrogens with zero attached hydrogens (tertiary/aromatic N) is 1. The third-order valence-corrected chi connectivity index (χ3v) is 1.26. The molecule has 0 unspecified atom stereocenters. The highest BCUT2D eigenvalue weighted by atomic mass is 19.3. The zero-order chi connectivity index (χ0) is 7.56. The van der Waals surface area contributed by atoms with Gasteiger partial charge in [-0.1, -0.05) is 6.07 Å². The molecule has 0 aromatic carbocycles. The van der Waals surface area contributed by atoms with Crippen molar-refractivity contribution in [2.45, 2.75) is 13.3 Å². The fourth-order valence-corrected chi connectivity index (χ4v) is 0.726. The maximum Gasteiger partial charge on any atom is 0.280 e. The molecule has 0 spiro atoms. The molecule has 3 heteroatoms. The van der Waals surface area contributed by atoms with Crippen LogP contribution in [0, 0.1) is 6.92 Å². The van der Waals surface area contributed by atoms with Gasteiger partial charge in [-0.2, -0.15) is 0 Å². The number of rotatable bonds is 1. The summed E-state index contributed by atoms with van der Waals surface area (Å²) in [5.74, 6) is 0. The molecule has 1 heterocycles. The maximum absolute atomic E-state index is 12.0. The Kier molecular flexibility index (Phi) is 1.94. The van der Waals surface area contributed by atoms with Crippen molar-refractivity contribution < 1.29 is 8.78 Å². The number of alkyl halides is 2. The van der Waals surface area contributed by atoms with Crippen LogP contribution in [-0.2, 0) is 0 Å². The van der Waals surface area contributed by atoms with Crippen LogP contribution in [0.15, 0.2) is 18.3 Å². The Morgan fingerprint density at radius 2 is 2.20 bits per heavy atom. The minimum absolute atomic E-state index is 0.123.